The Morgan fingerprint density at radius 2 is 1.40 bits per heavy atom. The molecule has 0 heterocycles. The van der Waals surface area contributed by atoms with Crippen molar-refractivity contribution in [3.63, 3.8) is 0 Å². The predicted octanol–water partition coefficient (Wildman–Crippen LogP) is 0.619. The third-order valence-electron chi connectivity index (χ3n) is 2.75. The van der Waals surface area contributed by atoms with Crippen LogP contribution in [0.3, 0.4) is 0 Å². The van der Waals surface area contributed by atoms with Crippen molar-refractivity contribution in [3.8, 4) is 0 Å². The molecule has 0 saturated heterocycles. The molecule has 2 nitrogen and oxygen atoms in total. The number of benzene rings is 2. The molecule has 0 aliphatic rings. The lowest BCUT2D eigenvalue weighted by Gasteiger charge is -2.09. The zero-order valence-electron chi connectivity index (χ0n) is 11.1. The van der Waals surface area contributed by atoms with Crippen LogP contribution in [-0.4, -0.2) is 24.8 Å². The van der Waals surface area contributed by atoms with E-state index in [9.17, 15) is 4.79 Å². The number of carbonyl (C=O) groups is 1. The number of ketones is 1. The molecule has 0 fully saturated rings. The first-order valence-corrected chi connectivity index (χ1v) is 6.00. The fourth-order valence-corrected chi connectivity index (χ4v) is 1.88. The highest BCUT2D eigenvalue weighted by Gasteiger charge is 2.07. The molecule has 2 aromatic rings. The van der Waals surface area contributed by atoms with Crippen LogP contribution >= 0.6 is 0 Å². The van der Waals surface area contributed by atoms with E-state index >= 15 is 0 Å². The van der Waals surface area contributed by atoms with Gasteiger partial charge in [-0.05, 0) is 19.7 Å². The summed E-state index contributed by atoms with van der Waals surface area (Å²) in [6.07, 6.45) is 0. The van der Waals surface area contributed by atoms with Crippen LogP contribution in [0.25, 0.3) is 0 Å². The monoisotopic (exact) mass is 290 g/mol. The molecule has 0 aromatic heterocycles. The van der Waals surface area contributed by atoms with Gasteiger partial charge in [0, 0.05) is 17.7 Å². The van der Waals surface area contributed by atoms with Gasteiger partial charge < -0.3 is 17.3 Å². The lowest BCUT2D eigenvalue weighted by Crippen LogP contribution is -3.00. The first-order valence-electron chi connectivity index (χ1n) is 6.00. The maximum atomic E-state index is 12.2. The highest BCUT2D eigenvalue weighted by atomic mass is 35.5. The molecule has 0 radical (unpaired) electrons. The van der Waals surface area contributed by atoms with Gasteiger partial charge in [-0.15, -0.1) is 0 Å². The standard InChI is InChI=1S/C16H17NO.CH4.ClH/c1-17(2)12-13-8-10-15(11-9-13)16(18)14-6-4-3-5-7-14;;/h3-11H,12H2,1-2H3;1H4;1H/p-1. The third kappa shape index (κ3) is 4.80. The lowest BCUT2D eigenvalue weighted by molar-refractivity contribution is -0.0000114. The Morgan fingerprint density at radius 1 is 0.900 bits per heavy atom. The van der Waals surface area contributed by atoms with E-state index in [1.807, 2.05) is 68.7 Å². The molecule has 2 aromatic carbocycles. The van der Waals surface area contributed by atoms with Gasteiger partial charge in [-0.2, -0.15) is 0 Å². The summed E-state index contributed by atoms with van der Waals surface area (Å²) in [5.74, 6) is 0.0759. The van der Waals surface area contributed by atoms with Crippen LogP contribution in [0.5, 0.6) is 0 Å². The highest BCUT2D eigenvalue weighted by molar-refractivity contribution is 6.08. The fraction of sp³-hybridized carbons (Fsp3) is 0.235. The van der Waals surface area contributed by atoms with E-state index in [4.69, 9.17) is 0 Å². The Kier molecular flexibility index (Phi) is 7.82. The Balaban J connectivity index is 0.00000180. The number of halogens is 1. The minimum absolute atomic E-state index is 0. The van der Waals surface area contributed by atoms with Crippen LogP contribution in [0.1, 0.15) is 28.9 Å². The van der Waals surface area contributed by atoms with Gasteiger partial charge in [0.25, 0.3) is 0 Å². The molecule has 108 valence electrons. The molecule has 3 heteroatoms. The fourth-order valence-electron chi connectivity index (χ4n) is 1.88. The second-order valence-corrected chi connectivity index (χ2v) is 4.63. The molecule has 0 bridgehead atoms. The summed E-state index contributed by atoms with van der Waals surface area (Å²) >= 11 is 0. The normalized spacial score (nSPS) is 9.55. The van der Waals surface area contributed by atoms with Crippen molar-refractivity contribution < 1.29 is 17.2 Å². The van der Waals surface area contributed by atoms with Gasteiger partial charge in [0.1, 0.15) is 0 Å². The van der Waals surface area contributed by atoms with Crippen LogP contribution in [0.2, 0.25) is 0 Å². The van der Waals surface area contributed by atoms with Gasteiger partial charge in [0.2, 0.25) is 0 Å². The number of rotatable bonds is 4. The average molecular weight is 291 g/mol. The largest absolute Gasteiger partial charge is 1.00 e. The van der Waals surface area contributed by atoms with Crippen molar-refractivity contribution >= 4 is 5.78 Å². The molecule has 0 spiro atoms. The average Bonchev–Trinajstić information content (AvgIpc) is 2.39. The van der Waals surface area contributed by atoms with Crippen molar-refractivity contribution in [2.45, 2.75) is 14.0 Å². The van der Waals surface area contributed by atoms with Crippen LogP contribution in [0.4, 0.5) is 0 Å². The molecule has 0 amide bonds. The molecule has 0 aliphatic carbocycles. The van der Waals surface area contributed by atoms with Crippen molar-refractivity contribution in [1.29, 1.82) is 0 Å². The van der Waals surface area contributed by atoms with Crippen LogP contribution in [0, 0.1) is 0 Å². The van der Waals surface area contributed by atoms with Gasteiger partial charge in [-0.3, -0.25) is 4.79 Å². The molecule has 0 N–H and O–H groups in total. The summed E-state index contributed by atoms with van der Waals surface area (Å²) in [5.41, 5.74) is 2.69. The molecular weight excluding hydrogens is 270 g/mol. The number of hydrogen-bond acceptors (Lipinski definition) is 2. The topological polar surface area (TPSA) is 20.3 Å². The van der Waals surface area contributed by atoms with E-state index in [1.165, 1.54) is 5.56 Å². The molecule has 0 aliphatic heterocycles. The smallest absolute Gasteiger partial charge is 0.193 e. The van der Waals surface area contributed by atoms with Gasteiger partial charge >= 0.3 is 0 Å². The number of nitrogens with zero attached hydrogens (tertiary/aromatic N) is 1. The van der Waals surface area contributed by atoms with Gasteiger partial charge in [-0.1, -0.05) is 62.0 Å². The van der Waals surface area contributed by atoms with E-state index < -0.39 is 0 Å². The SMILES string of the molecule is C.CN(C)Cc1ccc(C(=O)c2ccccc2)cc1.[Cl-]. The second kappa shape index (κ2) is 8.51. The molecule has 20 heavy (non-hydrogen) atoms. The number of hydrogen-bond donors (Lipinski definition) is 0. The number of carbonyl (C=O) groups excluding carboxylic acids is 1. The van der Waals surface area contributed by atoms with E-state index in [2.05, 4.69) is 4.90 Å². The third-order valence-corrected chi connectivity index (χ3v) is 2.75. The minimum atomic E-state index is 0. The molecular formula is C17H21ClNO-. The Bertz CT molecular complexity index is 520. The van der Waals surface area contributed by atoms with Crippen molar-refractivity contribution in [1.82, 2.24) is 4.90 Å². The van der Waals surface area contributed by atoms with Crippen molar-refractivity contribution in [2.75, 3.05) is 14.1 Å². The minimum Gasteiger partial charge on any atom is -1.00 e. The summed E-state index contributed by atoms with van der Waals surface area (Å²) in [7, 11) is 4.06. The van der Waals surface area contributed by atoms with Gasteiger partial charge in [0.15, 0.2) is 5.78 Å². The summed E-state index contributed by atoms with van der Waals surface area (Å²) in [5, 5.41) is 0. The maximum Gasteiger partial charge on any atom is 0.193 e. The van der Waals surface area contributed by atoms with E-state index in [0.29, 0.717) is 0 Å². The highest BCUT2D eigenvalue weighted by Crippen LogP contribution is 2.11. The van der Waals surface area contributed by atoms with Crippen molar-refractivity contribution in [3.05, 3.63) is 71.3 Å². The first kappa shape index (κ1) is 18.4. The molecule has 2 rings (SSSR count). The van der Waals surface area contributed by atoms with E-state index in [1.54, 1.807) is 0 Å². The van der Waals surface area contributed by atoms with Crippen LogP contribution < -0.4 is 12.4 Å². The summed E-state index contributed by atoms with van der Waals surface area (Å²) < 4.78 is 0. The van der Waals surface area contributed by atoms with Crippen molar-refractivity contribution in [2.24, 2.45) is 0 Å². The lowest BCUT2D eigenvalue weighted by atomic mass is 10.0. The van der Waals surface area contributed by atoms with Crippen LogP contribution in [-0.2, 0) is 6.54 Å². The zero-order valence-corrected chi connectivity index (χ0v) is 11.9. The van der Waals surface area contributed by atoms with E-state index in [-0.39, 0.29) is 25.6 Å². The Hall–Kier alpha value is -1.64. The first-order chi connectivity index (χ1) is 8.66. The summed E-state index contributed by atoms with van der Waals surface area (Å²) in [6, 6.07) is 17.2. The predicted molar refractivity (Wildman–Crippen MR) is 80.4 cm³/mol. The van der Waals surface area contributed by atoms with Gasteiger partial charge in [-0.25, -0.2) is 0 Å². The maximum absolute atomic E-state index is 12.2. The zero-order chi connectivity index (χ0) is 13.0. The Labute approximate surface area is 127 Å². The summed E-state index contributed by atoms with van der Waals surface area (Å²) in [6.45, 7) is 0.889. The Morgan fingerprint density at radius 3 is 1.90 bits per heavy atom. The molecule has 0 saturated carbocycles. The quantitative estimate of drug-likeness (QED) is 0.770. The van der Waals surface area contributed by atoms with Gasteiger partial charge in [0.05, 0.1) is 0 Å². The molecule has 0 atom stereocenters. The molecule has 0 unspecified atom stereocenters. The van der Waals surface area contributed by atoms with Crippen LogP contribution in [0.15, 0.2) is 54.6 Å². The summed E-state index contributed by atoms with van der Waals surface area (Å²) in [4.78, 5) is 14.3. The van der Waals surface area contributed by atoms with E-state index in [0.717, 1.165) is 17.7 Å². The second-order valence-electron chi connectivity index (χ2n) is 4.63.